The Labute approximate surface area is 151 Å². The van der Waals surface area contributed by atoms with E-state index in [0.717, 1.165) is 18.7 Å². The Kier molecular flexibility index (Phi) is 4.38. The third-order valence-corrected chi connectivity index (χ3v) is 4.01. The Morgan fingerprint density at radius 3 is 2.46 bits per heavy atom. The first-order chi connectivity index (χ1) is 12.8. The van der Waals surface area contributed by atoms with Crippen molar-refractivity contribution in [2.75, 3.05) is 5.73 Å². The lowest BCUT2D eigenvalue weighted by Gasteiger charge is -2.04. The van der Waals surface area contributed by atoms with Crippen molar-refractivity contribution in [2.45, 2.75) is 12.8 Å². The van der Waals surface area contributed by atoms with Crippen LogP contribution in [0.4, 0.5) is 5.69 Å². The Morgan fingerprint density at radius 2 is 1.69 bits per heavy atom. The maximum absolute atomic E-state index is 5.91. The Morgan fingerprint density at radius 1 is 0.846 bits per heavy atom. The van der Waals surface area contributed by atoms with Gasteiger partial charge in [0.25, 0.3) is 0 Å². The number of nitrogens with zero attached hydrogens (tertiary/aromatic N) is 5. The number of pyridine rings is 2. The summed E-state index contributed by atoms with van der Waals surface area (Å²) >= 11 is 0. The molecule has 0 bridgehead atoms. The fraction of sp³-hybridized carbons (Fsp3) is 0.100. The second-order valence-corrected chi connectivity index (χ2v) is 5.91. The molecule has 0 saturated carbocycles. The zero-order valence-electron chi connectivity index (χ0n) is 14.2. The molecular formula is C20H18N6. The first-order valence-corrected chi connectivity index (χ1v) is 8.43. The number of nitrogens with two attached hydrogens (primary N) is 1. The molecule has 0 atom stereocenters. The summed E-state index contributed by atoms with van der Waals surface area (Å²) in [6.07, 6.45) is 5.01. The molecule has 0 unspecified atom stereocenters. The van der Waals surface area contributed by atoms with E-state index in [1.807, 2.05) is 36.4 Å². The largest absolute Gasteiger partial charge is 0.399 e. The van der Waals surface area contributed by atoms with Crippen LogP contribution in [0.5, 0.6) is 0 Å². The van der Waals surface area contributed by atoms with Gasteiger partial charge in [-0.2, -0.15) is 4.68 Å². The van der Waals surface area contributed by atoms with Crippen LogP contribution in [0.2, 0.25) is 0 Å². The average molecular weight is 342 g/mol. The maximum atomic E-state index is 5.91. The van der Waals surface area contributed by atoms with Crippen molar-refractivity contribution in [2.24, 2.45) is 0 Å². The minimum atomic E-state index is 0.636. The highest BCUT2D eigenvalue weighted by atomic mass is 15.4. The van der Waals surface area contributed by atoms with E-state index >= 15 is 0 Å². The van der Waals surface area contributed by atoms with Crippen molar-refractivity contribution in [1.29, 1.82) is 0 Å². The highest BCUT2D eigenvalue weighted by molar-refractivity contribution is 5.57. The van der Waals surface area contributed by atoms with Crippen molar-refractivity contribution >= 4 is 5.69 Å². The van der Waals surface area contributed by atoms with Gasteiger partial charge in [-0.1, -0.05) is 36.4 Å². The Bertz CT molecular complexity index is 995. The van der Waals surface area contributed by atoms with E-state index in [4.69, 9.17) is 10.7 Å². The molecule has 2 N–H and O–H groups in total. The number of benzene rings is 1. The summed E-state index contributed by atoms with van der Waals surface area (Å²) in [5.74, 6) is 2.09. The highest BCUT2D eigenvalue weighted by Crippen LogP contribution is 2.20. The molecule has 0 fully saturated rings. The Hall–Kier alpha value is -3.54. The van der Waals surface area contributed by atoms with E-state index in [9.17, 15) is 0 Å². The van der Waals surface area contributed by atoms with Crippen LogP contribution in [0.1, 0.15) is 11.4 Å². The van der Waals surface area contributed by atoms with Crippen LogP contribution in [0, 0.1) is 0 Å². The number of anilines is 1. The maximum Gasteiger partial charge on any atom is 0.183 e. The van der Waals surface area contributed by atoms with Gasteiger partial charge in [0, 0.05) is 24.5 Å². The van der Waals surface area contributed by atoms with Crippen molar-refractivity contribution in [3.63, 3.8) is 0 Å². The van der Waals surface area contributed by atoms with Gasteiger partial charge in [0.1, 0.15) is 5.69 Å². The highest BCUT2D eigenvalue weighted by Gasteiger charge is 2.15. The lowest BCUT2D eigenvalue weighted by atomic mass is 10.1. The van der Waals surface area contributed by atoms with Gasteiger partial charge in [0.15, 0.2) is 17.5 Å². The molecule has 3 aromatic heterocycles. The molecule has 0 saturated heterocycles. The van der Waals surface area contributed by atoms with Gasteiger partial charge in [-0.15, -0.1) is 5.10 Å². The average Bonchev–Trinajstić information content (AvgIpc) is 3.12. The summed E-state index contributed by atoms with van der Waals surface area (Å²) in [7, 11) is 0. The molecule has 0 amide bonds. The fourth-order valence-corrected chi connectivity index (χ4v) is 2.74. The topological polar surface area (TPSA) is 82.5 Å². The molecule has 0 aliphatic carbocycles. The van der Waals surface area contributed by atoms with Crippen LogP contribution in [0.15, 0.2) is 73.1 Å². The molecule has 0 spiro atoms. The molecule has 6 heteroatoms. The van der Waals surface area contributed by atoms with E-state index < -0.39 is 0 Å². The fourth-order valence-electron chi connectivity index (χ4n) is 2.74. The molecule has 0 radical (unpaired) electrons. The van der Waals surface area contributed by atoms with Gasteiger partial charge in [-0.3, -0.25) is 4.98 Å². The molecule has 26 heavy (non-hydrogen) atoms. The summed E-state index contributed by atoms with van der Waals surface area (Å²) in [4.78, 5) is 13.5. The standard InChI is InChI=1S/C20H18N6/c21-16-11-13-22-17(14-16)20-24-18(10-9-15-6-2-1-3-7-15)25-26(20)19-8-4-5-12-23-19/h1-8,11-14H,9-10H2,(H2,21,22). The second-order valence-electron chi connectivity index (χ2n) is 5.91. The minimum absolute atomic E-state index is 0.636. The molecule has 4 rings (SSSR count). The van der Waals surface area contributed by atoms with E-state index in [-0.39, 0.29) is 0 Å². The van der Waals surface area contributed by atoms with Crippen molar-refractivity contribution < 1.29 is 0 Å². The predicted octanol–water partition coefficient (Wildman–Crippen LogP) is 3.09. The van der Waals surface area contributed by atoms with Gasteiger partial charge in [0.2, 0.25) is 0 Å². The number of hydrogen-bond donors (Lipinski definition) is 1. The Balaban J connectivity index is 1.70. The molecule has 1 aromatic carbocycles. The van der Waals surface area contributed by atoms with Crippen LogP contribution in [-0.4, -0.2) is 24.7 Å². The smallest absolute Gasteiger partial charge is 0.183 e. The van der Waals surface area contributed by atoms with Gasteiger partial charge in [0.05, 0.1) is 0 Å². The van der Waals surface area contributed by atoms with Crippen LogP contribution in [-0.2, 0) is 12.8 Å². The van der Waals surface area contributed by atoms with Gasteiger partial charge in [-0.25, -0.2) is 9.97 Å². The zero-order chi connectivity index (χ0) is 17.8. The van der Waals surface area contributed by atoms with Crippen molar-refractivity contribution in [3.8, 4) is 17.3 Å². The number of rotatable bonds is 5. The molecule has 128 valence electrons. The summed E-state index contributed by atoms with van der Waals surface area (Å²) in [6, 6.07) is 19.5. The van der Waals surface area contributed by atoms with E-state index in [1.54, 1.807) is 29.2 Å². The third kappa shape index (κ3) is 3.44. The summed E-state index contributed by atoms with van der Waals surface area (Å²) in [6.45, 7) is 0. The number of hydrogen-bond acceptors (Lipinski definition) is 5. The first-order valence-electron chi connectivity index (χ1n) is 8.43. The first kappa shape index (κ1) is 16.0. The van der Waals surface area contributed by atoms with Crippen molar-refractivity contribution in [3.05, 3.63) is 84.4 Å². The molecule has 4 aromatic rings. The van der Waals surface area contributed by atoms with E-state index in [2.05, 4.69) is 27.2 Å². The van der Waals surface area contributed by atoms with Crippen LogP contribution in [0.25, 0.3) is 17.3 Å². The molecular weight excluding hydrogens is 324 g/mol. The van der Waals surface area contributed by atoms with Gasteiger partial charge >= 0.3 is 0 Å². The number of aryl methyl sites for hydroxylation is 2. The van der Waals surface area contributed by atoms with Crippen molar-refractivity contribution in [1.82, 2.24) is 24.7 Å². The third-order valence-electron chi connectivity index (χ3n) is 4.01. The number of aromatic nitrogens is 5. The van der Waals surface area contributed by atoms with Crippen LogP contribution in [0.3, 0.4) is 0 Å². The van der Waals surface area contributed by atoms with E-state index in [1.165, 1.54) is 5.56 Å². The normalized spacial score (nSPS) is 10.8. The molecule has 0 aliphatic heterocycles. The second kappa shape index (κ2) is 7.14. The lowest BCUT2D eigenvalue weighted by Crippen LogP contribution is -2.03. The molecule has 3 heterocycles. The van der Waals surface area contributed by atoms with Crippen LogP contribution < -0.4 is 5.73 Å². The molecule has 0 aliphatic rings. The van der Waals surface area contributed by atoms with E-state index in [0.29, 0.717) is 23.0 Å². The monoisotopic (exact) mass is 342 g/mol. The van der Waals surface area contributed by atoms with Crippen LogP contribution >= 0.6 is 0 Å². The summed E-state index contributed by atoms with van der Waals surface area (Å²) < 4.78 is 1.72. The SMILES string of the molecule is Nc1ccnc(-c2nc(CCc3ccccc3)nn2-c2ccccn2)c1. The minimum Gasteiger partial charge on any atom is -0.399 e. The summed E-state index contributed by atoms with van der Waals surface area (Å²) in [5, 5.41) is 4.66. The summed E-state index contributed by atoms with van der Waals surface area (Å²) in [5.41, 5.74) is 8.48. The quantitative estimate of drug-likeness (QED) is 0.602. The van der Waals surface area contributed by atoms with Gasteiger partial charge < -0.3 is 5.73 Å². The number of nitrogen functional groups attached to an aromatic ring is 1. The predicted molar refractivity (Wildman–Crippen MR) is 101 cm³/mol. The lowest BCUT2D eigenvalue weighted by molar-refractivity contribution is 0.797. The van der Waals surface area contributed by atoms with Gasteiger partial charge in [-0.05, 0) is 36.2 Å². The zero-order valence-corrected chi connectivity index (χ0v) is 14.2. The molecule has 6 nitrogen and oxygen atoms in total.